The predicted octanol–water partition coefficient (Wildman–Crippen LogP) is 3.27. The van der Waals surface area contributed by atoms with Crippen molar-refractivity contribution in [3.8, 4) is 0 Å². The number of rotatable bonds is 2. The Morgan fingerprint density at radius 2 is 1.92 bits per heavy atom. The third-order valence-electron chi connectivity index (χ3n) is 3.86. The highest BCUT2D eigenvalue weighted by atomic mass is 35.5. The molecule has 6 heteroatoms. The highest BCUT2D eigenvalue weighted by Crippen LogP contribution is 2.36. The van der Waals surface area contributed by atoms with E-state index in [-0.39, 0.29) is 5.96 Å². The first-order valence-electron chi connectivity index (χ1n) is 7.38. The average molecular weight is 344 g/mol. The summed E-state index contributed by atoms with van der Waals surface area (Å²) in [7, 11) is 0. The van der Waals surface area contributed by atoms with Gasteiger partial charge in [-0.3, -0.25) is 4.79 Å². The van der Waals surface area contributed by atoms with Gasteiger partial charge in [-0.15, -0.1) is 0 Å². The summed E-state index contributed by atoms with van der Waals surface area (Å²) in [6.45, 7) is 0. The van der Waals surface area contributed by atoms with E-state index < -0.39 is 11.7 Å². The molecular formula is C18H15ClFN3O. The normalized spacial score (nSPS) is 13.0. The Morgan fingerprint density at radius 1 is 1.12 bits per heavy atom. The van der Waals surface area contributed by atoms with Gasteiger partial charge in [-0.2, -0.15) is 4.99 Å². The van der Waals surface area contributed by atoms with Crippen LogP contribution in [-0.2, 0) is 6.42 Å². The van der Waals surface area contributed by atoms with E-state index in [0.29, 0.717) is 10.6 Å². The topological polar surface area (TPSA) is 81.5 Å². The summed E-state index contributed by atoms with van der Waals surface area (Å²) in [5.74, 6) is -1.18. The SMILES string of the molecule is NC(N)=NC(=O)c1ccc2c(c1)C(c1ccc(F)cc1Cl)=CCC2. The van der Waals surface area contributed by atoms with Crippen molar-refractivity contribution in [2.75, 3.05) is 0 Å². The van der Waals surface area contributed by atoms with E-state index in [4.69, 9.17) is 23.1 Å². The van der Waals surface area contributed by atoms with Crippen molar-refractivity contribution in [3.05, 3.63) is 75.6 Å². The summed E-state index contributed by atoms with van der Waals surface area (Å²) >= 11 is 6.20. The molecule has 0 saturated carbocycles. The second-order valence-corrected chi connectivity index (χ2v) is 5.90. The number of nitrogens with two attached hydrogens (primary N) is 2. The lowest BCUT2D eigenvalue weighted by molar-refractivity contribution is 0.100. The van der Waals surface area contributed by atoms with Crippen LogP contribution in [0.3, 0.4) is 0 Å². The van der Waals surface area contributed by atoms with Crippen molar-refractivity contribution in [1.29, 1.82) is 0 Å². The number of hydrogen-bond acceptors (Lipinski definition) is 1. The van der Waals surface area contributed by atoms with Gasteiger partial charge in [0.25, 0.3) is 5.91 Å². The molecule has 1 aliphatic carbocycles. The fourth-order valence-corrected chi connectivity index (χ4v) is 3.07. The minimum atomic E-state index is -0.507. The minimum Gasteiger partial charge on any atom is -0.370 e. The molecule has 4 N–H and O–H groups in total. The highest BCUT2D eigenvalue weighted by molar-refractivity contribution is 6.32. The molecule has 4 nitrogen and oxygen atoms in total. The molecule has 0 bridgehead atoms. The van der Waals surface area contributed by atoms with E-state index in [2.05, 4.69) is 4.99 Å². The van der Waals surface area contributed by atoms with E-state index in [0.717, 1.165) is 35.1 Å². The van der Waals surface area contributed by atoms with Gasteiger partial charge in [0.2, 0.25) is 0 Å². The molecule has 0 atom stereocenters. The number of aryl methyl sites for hydroxylation is 1. The van der Waals surface area contributed by atoms with Crippen LogP contribution in [0.1, 0.15) is 33.5 Å². The number of halogens is 2. The second-order valence-electron chi connectivity index (χ2n) is 5.49. The second kappa shape index (κ2) is 6.45. The van der Waals surface area contributed by atoms with Crippen LogP contribution in [0, 0.1) is 5.82 Å². The fourth-order valence-electron chi connectivity index (χ4n) is 2.80. The molecule has 0 aromatic heterocycles. The van der Waals surface area contributed by atoms with Crippen LogP contribution in [0.2, 0.25) is 5.02 Å². The van der Waals surface area contributed by atoms with Crippen molar-refractivity contribution < 1.29 is 9.18 Å². The Kier molecular flexibility index (Phi) is 4.36. The van der Waals surface area contributed by atoms with Gasteiger partial charge in [0, 0.05) is 11.1 Å². The molecule has 2 aromatic rings. The number of carbonyl (C=O) groups excluding carboxylic acids is 1. The summed E-state index contributed by atoms with van der Waals surface area (Å²) in [6, 6.07) is 9.61. The van der Waals surface area contributed by atoms with E-state index >= 15 is 0 Å². The summed E-state index contributed by atoms with van der Waals surface area (Å²) in [5.41, 5.74) is 14.5. The Labute approximate surface area is 143 Å². The van der Waals surface area contributed by atoms with Gasteiger partial charge < -0.3 is 11.5 Å². The maximum atomic E-state index is 13.3. The molecule has 0 radical (unpaired) electrons. The monoisotopic (exact) mass is 343 g/mol. The third-order valence-corrected chi connectivity index (χ3v) is 4.17. The minimum absolute atomic E-state index is 0.282. The smallest absolute Gasteiger partial charge is 0.280 e. The van der Waals surface area contributed by atoms with E-state index in [1.807, 2.05) is 12.1 Å². The molecule has 3 rings (SSSR count). The van der Waals surface area contributed by atoms with Gasteiger partial charge in [-0.25, -0.2) is 4.39 Å². The number of benzene rings is 2. The Balaban J connectivity index is 2.09. The van der Waals surface area contributed by atoms with Crippen LogP contribution in [0.5, 0.6) is 0 Å². The molecule has 0 heterocycles. The van der Waals surface area contributed by atoms with Gasteiger partial charge in [0.05, 0.1) is 5.02 Å². The van der Waals surface area contributed by atoms with Crippen molar-refractivity contribution in [1.82, 2.24) is 0 Å². The van der Waals surface area contributed by atoms with Crippen LogP contribution >= 0.6 is 11.6 Å². The molecule has 0 fully saturated rings. The number of hydrogen-bond donors (Lipinski definition) is 2. The van der Waals surface area contributed by atoms with Crippen LogP contribution in [0.25, 0.3) is 5.57 Å². The highest BCUT2D eigenvalue weighted by Gasteiger charge is 2.18. The quantitative estimate of drug-likeness (QED) is 0.648. The fraction of sp³-hybridized carbons (Fsp3) is 0.111. The first-order valence-corrected chi connectivity index (χ1v) is 7.76. The van der Waals surface area contributed by atoms with E-state index in [1.165, 1.54) is 12.1 Å². The Morgan fingerprint density at radius 3 is 2.62 bits per heavy atom. The lowest BCUT2D eigenvalue weighted by Gasteiger charge is -2.19. The van der Waals surface area contributed by atoms with Gasteiger partial charge in [-0.05, 0) is 59.9 Å². The molecule has 0 unspecified atom stereocenters. The van der Waals surface area contributed by atoms with Gasteiger partial charge >= 0.3 is 0 Å². The first kappa shape index (κ1) is 16.2. The molecule has 0 spiro atoms. The number of guanidine groups is 1. The lowest BCUT2D eigenvalue weighted by atomic mass is 9.86. The van der Waals surface area contributed by atoms with Gasteiger partial charge in [0.15, 0.2) is 5.96 Å². The van der Waals surface area contributed by atoms with Gasteiger partial charge in [0.1, 0.15) is 5.82 Å². The maximum absolute atomic E-state index is 13.3. The zero-order chi connectivity index (χ0) is 17.3. The van der Waals surface area contributed by atoms with Gasteiger partial charge in [-0.1, -0.05) is 23.7 Å². The standard InChI is InChI=1S/C18H15ClFN3O/c19-16-9-12(20)6-7-14(16)13-3-1-2-10-4-5-11(8-15(10)13)17(24)23-18(21)22/h3-9H,1-2H2,(H4,21,22,23,24). The van der Waals surface area contributed by atoms with Crippen molar-refractivity contribution >= 4 is 29.0 Å². The lowest BCUT2D eigenvalue weighted by Crippen LogP contribution is -2.24. The molecule has 2 aromatic carbocycles. The Bertz CT molecular complexity index is 886. The summed E-state index contributed by atoms with van der Waals surface area (Å²) in [5, 5.41) is 0.329. The zero-order valence-corrected chi connectivity index (χ0v) is 13.5. The van der Waals surface area contributed by atoms with Crippen molar-refractivity contribution in [2.45, 2.75) is 12.8 Å². The maximum Gasteiger partial charge on any atom is 0.280 e. The number of carbonyl (C=O) groups is 1. The molecular weight excluding hydrogens is 329 g/mol. The number of amides is 1. The molecule has 0 saturated heterocycles. The molecule has 122 valence electrons. The largest absolute Gasteiger partial charge is 0.370 e. The molecule has 0 aliphatic heterocycles. The zero-order valence-electron chi connectivity index (χ0n) is 12.7. The summed E-state index contributed by atoms with van der Waals surface area (Å²) in [4.78, 5) is 15.6. The predicted molar refractivity (Wildman–Crippen MR) is 93.4 cm³/mol. The van der Waals surface area contributed by atoms with Crippen LogP contribution in [0.4, 0.5) is 4.39 Å². The summed E-state index contributed by atoms with van der Waals surface area (Å²) < 4.78 is 13.3. The first-order chi connectivity index (χ1) is 11.5. The van der Waals surface area contributed by atoms with Crippen LogP contribution in [-0.4, -0.2) is 11.9 Å². The number of fused-ring (bicyclic) bond motifs is 1. The van der Waals surface area contributed by atoms with E-state index in [9.17, 15) is 9.18 Å². The Hall–Kier alpha value is -2.66. The van der Waals surface area contributed by atoms with Crippen LogP contribution in [0.15, 0.2) is 47.5 Å². The molecule has 24 heavy (non-hydrogen) atoms. The number of allylic oxidation sites excluding steroid dienone is 1. The number of aliphatic imine (C=N–C) groups is 1. The third kappa shape index (κ3) is 3.16. The van der Waals surface area contributed by atoms with E-state index in [1.54, 1.807) is 18.2 Å². The molecule has 1 aliphatic rings. The van der Waals surface area contributed by atoms with Crippen LogP contribution < -0.4 is 11.5 Å². The average Bonchev–Trinajstić information content (AvgIpc) is 2.53. The summed E-state index contributed by atoms with van der Waals surface area (Å²) in [6.07, 6.45) is 3.74. The number of nitrogens with zero attached hydrogens (tertiary/aromatic N) is 1. The van der Waals surface area contributed by atoms with Crippen molar-refractivity contribution in [3.63, 3.8) is 0 Å². The molecule has 1 amide bonds. The van der Waals surface area contributed by atoms with Crippen molar-refractivity contribution in [2.24, 2.45) is 16.5 Å².